The molecule has 0 aromatic rings. The van der Waals surface area contributed by atoms with Crippen LogP contribution in [0.4, 0.5) is 0 Å². The molecular formula is C18H30O2. The third-order valence-electron chi connectivity index (χ3n) is 5.40. The average Bonchev–Trinajstić information content (AvgIpc) is 2.90. The van der Waals surface area contributed by atoms with Crippen molar-refractivity contribution in [3.05, 3.63) is 12.2 Å². The molecule has 0 heterocycles. The van der Waals surface area contributed by atoms with E-state index in [4.69, 9.17) is 5.11 Å². The Morgan fingerprint density at radius 1 is 1.15 bits per heavy atom. The molecule has 0 spiro atoms. The molecule has 114 valence electrons. The fourth-order valence-electron chi connectivity index (χ4n) is 4.37. The lowest BCUT2D eigenvalue weighted by atomic mass is 9.68. The van der Waals surface area contributed by atoms with Crippen molar-refractivity contribution in [2.75, 3.05) is 0 Å². The minimum atomic E-state index is -0.644. The van der Waals surface area contributed by atoms with E-state index in [0.717, 1.165) is 36.5 Å². The molecule has 0 aromatic heterocycles. The van der Waals surface area contributed by atoms with Gasteiger partial charge in [0.15, 0.2) is 0 Å². The van der Waals surface area contributed by atoms with Gasteiger partial charge in [-0.2, -0.15) is 0 Å². The lowest BCUT2D eigenvalue weighted by molar-refractivity contribution is -0.137. The summed E-state index contributed by atoms with van der Waals surface area (Å²) in [5, 5.41) is 8.76. The Morgan fingerprint density at radius 2 is 2.00 bits per heavy atom. The number of hydrogen-bond donors (Lipinski definition) is 1. The van der Waals surface area contributed by atoms with Gasteiger partial charge < -0.3 is 5.11 Å². The van der Waals surface area contributed by atoms with Crippen molar-refractivity contribution in [1.29, 1.82) is 0 Å². The lowest BCUT2D eigenvalue weighted by Crippen LogP contribution is -2.28. The summed E-state index contributed by atoms with van der Waals surface area (Å²) in [4.78, 5) is 10.6. The molecule has 2 nitrogen and oxygen atoms in total. The van der Waals surface area contributed by atoms with Crippen LogP contribution in [0.2, 0.25) is 0 Å². The quantitative estimate of drug-likeness (QED) is 0.499. The highest BCUT2D eigenvalue weighted by atomic mass is 16.4. The molecule has 4 unspecified atom stereocenters. The maximum atomic E-state index is 10.6. The van der Waals surface area contributed by atoms with Gasteiger partial charge in [-0.15, -0.1) is 0 Å². The molecule has 1 fully saturated rings. The monoisotopic (exact) mass is 278 g/mol. The molecule has 0 bridgehead atoms. The lowest BCUT2D eigenvalue weighted by Gasteiger charge is -2.37. The van der Waals surface area contributed by atoms with Gasteiger partial charge in [-0.05, 0) is 55.8 Å². The van der Waals surface area contributed by atoms with Crippen LogP contribution >= 0.6 is 0 Å². The number of fused-ring (bicyclic) bond motifs is 1. The Balaban J connectivity index is 1.88. The van der Waals surface area contributed by atoms with Crippen LogP contribution in [0.5, 0.6) is 0 Å². The van der Waals surface area contributed by atoms with Gasteiger partial charge in [-0.1, -0.05) is 44.8 Å². The molecule has 1 N–H and O–H groups in total. The zero-order valence-corrected chi connectivity index (χ0v) is 12.9. The maximum Gasteiger partial charge on any atom is 0.303 e. The van der Waals surface area contributed by atoms with Gasteiger partial charge in [0.1, 0.15) is 0 Å². The molecule has 0 saturated heterocycles. The van der Waals surface area contributed by atoms with Crippen LogP contribution in [0.25, 0.3) is 0 Å². The smallest absolute Gasteiger partial charge is 0.303 e. The Bertz CT molecular complexity index is 334. The number of aliphatic carboxylic acids is 1. The van der Waals surface area contributed by atoms with Crippen LogP contribution in [0.1, 0.15) is 71.1 Å². The molecular weight excluding hydrogens is 248 g/mol. The van der Waals surface area contributed by atoms with Crippen molar-refractivity contribution in [3.8, 4) is 0 Å². The van der Waals surface area contributed by atoms with Crippen molar-refractivity contribution in [1.82, 2.24) is 0 Å². The zero-order valence-electron chi connectivity index (χ0n) is 12.9. The van der Waals surface area contributed by atoms with Crippen LogP contribution in [-0.4, -0.2) is 11.1 Å². The second kappa shape index (κ2) is 7.85. The second-order valence-corrected chi connectivity index (χ2v) is 6.75. The second-order valence-electron chi connectivity index (χ2n) is 6.75. The van der Waals surface area contributed by atoms with Crippen LogP contribution in [0.3, 0.4) is 0 Å². The Morgan fingerprint density at radius 3 is 2.75 bits per heavy atom. The third-order valence-corrected chi connectivity index (χ3v) is 5.40. The SMILES string of the molecule is CCCCC1C=CC2CCCC2C1CCCCC(=O)O. The maximum absolute atomic E-state index is 10.6. The van der Waals surface area contributed by atoms with E-state index in [1.54, 1.807) is 0 Å². The van der Waals surface area contributed by atoms with Crippen molar-refractivity contribution in [3.63, 3.8) is 0 Å². The molecule has 0 amide bonds. The van der Waals surface area contributed by atoms with Crippen molar-refractivity contribution < 1.29 is 9.90 Å². The Labute approximate surface area is 123 Å². The van der Waals surface area contributed by atoms with E-state index in [1.807, 2.05) is 0 Å². The van der Waals surface area contributed by atoms with Crippen LogP contribution in [0, 0.1) is 23.7 Å². The van der Waals surface area contributed by atoms with Gasteiger partial charge in [-0.3, -0.25) is 4.79 Å². The molecule has 0 aliphatic heterocycles. The van der Waals surface area contributed by atoms with E-state index < -0.39 is 5.97 Å². The molecule has 1 saturated carbocycles. The molecule has 0 aromatic carbocycles. The van der Waals surface area contributed by atoms with Gasteiger partial charge in [0.2, 0.25) is 0 Å². The summed E-state index contributed by atoms with van der Waals surface area (Å²) in [6.45, 7) is 2.27. The van der Waals surface area contributed by atoms with Gasteiger partial charge in [0.05, 0.1) is 0 Å². The zero-order chi connectivity index (χ0) is 14.4. The summed E-state index contributed by atoms with van der Waals surface area (Å²) in [6, 6.07) is 0. The summed E-state index contributed by atoms with van der Waals surface area (Å²) in [7, 11) is 0. The first kappa shape index (κ1) is 15.6. The summed E-state index contributed by atoms with van der Waals surface area (Å²) >= 11 is 0. The van der Waals surface area contributed by atoms with Crippen molar-refractivity contribution in [2.45, 2.75) is 71.1 Å². The third kappa shape index (κ3) is 4.10. The number of unbranched alkanes of at least 4 members (excludes halogenated alkanes) is 2. The summed E-state index contributed by atoms with van der Waals surface area (Å²) in [6.07, 6.45) is 16.7. The number of allylic oxidation sites excluding steroid dienone is 2. The molecule has 0 radical (unpaired) electrons. The van der Waals surface area contributed by atoms with Gasteiger partial charge in [0.25, 0.3) is 0 Å². The van der Waals surface area contributed by atoms with Gasteiger partial charge >= 0.3 is 5.97 Å². The highest BCUT2D eigenvalue weighted by Gasteiger charge is 2.37. The van der Waals surface area contributed by atoms with Crippen molar-refractivity contribution in [2.24, 2.45) is 23.7 Å². The topological polar surface area (TPSA) is 37.3 Å². The first-order chi connectivity index (χ1) is 9.72. The fraction of sp³-hybridized carbons (Fsp3) is 0.833. The highest BCUT2D eigenvalue weighted by Crippen LogP contribution is 2.47. The standard InChI is InChI=1S/C18H30O2/c1-2-3-7-14-12-13-15-8-6-10-17(15)16(14)9-4-5-11-18(19)20/h12-17H,2-11H2,1H3,(H,19,20). The molecule has 2 aliphatic rings. The van der Waals surface area contributed by atoms with Crippen LogP contribution in [-0.2, 0) is 4.79 Å². The fourth-order valence-corrected chi connectivity index (χ4v) is 4.37. The normalized spacial score (nSPS) is 32.2. The van der Waals surface area contributed by atoms with Gasteiger partial charge in [-0.25, -0.2) is 0 Å². The number of carbonyl (C=O) groups is 1. The first-order valence-corrected chi connectivity index (χ1v) is 8.62. The summed E-state index contributed by atoms with van der Waals surface area (Å²) < 4.78 is 0. The van der Waals surface area contributed by atoms with E-state index in [2.05, 4.69) is 19.1 Å². The van der Waals surface area contributed by atoms with Crippen molar-refractivity contribution >= 4 is 5.97 Å². The van der Waals surface area contributed by atoms with Crippen LogP contribution in [0.15, 0.2) is 12.2 Å². The minimum Gasteiger partial charge on any atom is -0.481 e. The van der Waals surface area contributed by atoms with E-state index in [9.17, 15) is 4.79 Å². The number of hydrogen-bond acceptors (Lipinski definition) is 1. The molecule has 2 rings (SSSR count). The predicted molar refractivity (Wildman–Crippen MR) is 82.6 cm³/mol. The molecule has 20 heavy (non-hydrogen) atoms. The number of carboxylic acids is 1. The van der Waals surface area contributed by atoms with E-state index >= 15 is 0 Å². The summed E-state index contributed by atoms with van der Waals surface area (Å²) in [5.41, 5.74) is 0. The minimum absolute atomic E-state index is 0.344. The Kier molecular flexibility index (Phi) is 6.12. The van der Waals surface area contributed by atoms with Gasteiger partial charge in [0, 0.05) is 6.42 Å². The summed E-state index contributed by atoms with van der Waals surface area (Å²) in [5.74, 6) is 2.67. The number of rotatable bonds is 8. The average molecular weight is 278 g/mol. The largest absolute Gasteiger partial charge is 0.481 e. The Hall–Kier alpha value is -0.790. The van der Waals surface area contributed by atoms with E-state index in [0.29, 0.717) is 6.42 Å². The molecule has 2 heteroatoms. The molecule has 2 aliphatic carbocycles. The molecule has 4 atom stereocenters. The van der Waals surface area contributed by atoms with E-state index in [-0.39, 0.29) is 0 Å². The predicted octanol–water partition coefficient (Wildman–Crippen LogP) is 5.04. The highest BCUT2D eigenvalue weighted by molar-refractivity contribution is 5.66. The van der Waals surface area contributed by atoms with E-state index in [1.165, 1.54) is 44.9 Å². The number of carboxylic acid groups (broad SMARTS) is 1. The first-order valence-electron chi connectivity index (χ1n) is 8.62. The van der Waals surface area contributed by atoms with Crippen LogP contribution < -0.4 is 0 Å².